The first-order valence-corrected chi connectivity index (χ1v) is 7.06. The van der Waals surface area contributed by atoms with E-state index in [-0.39, 0.29) is 13.0 Å². The Morgan fingerprint density at radius 2 is 1.94 bits per heavy atom. The van der Waals surface area contributed by atoms with E-state index in [0.29, 0.717) is 13.1 Å². The fourth-order valence-electron chi connectivity index (χ4n) is 1.59. The molecule has 0 radical (unpaired) electrons. The first kappa shape index (κ1) is 14.4. The lowest BCUT2D eigenvalue weighted by Crippen LogP contribution is -2.50. The van der Waals surface area contributed by atoms with Gasteiger partial charge in [-0.25, -0.2) is 5.01 Å². The van der Waals surface area contributed by atoms with Crippen molar-refractivity contribution < 1.29 is 18.3 Å². The Balaban J connectivity index is 2.45. The van der Waals surface area contributed by atoms with Crippen LogP contribution in [0.25, 0.3) is 0 Å². The standard InChI is InChI=1S/C9H19N3O4S/c1-11(8-5-9(13)14)17(15,16)10-12-6-3-2-4-7-12/h10H,2-8H2,1H3,(H,13,14). The van der Waals surface area contributed by atoms with Crippen molar-refractivity contribution in [1.82, 2.24) is 14.1 Å². The van der Waals surface area contributed by atoms with Crippen LogP contribution in [0.3, 0.4) is 0 Å². The number of aliphatic carboxylic acids is 1. The van der Waals surface area contributed by atoms with Gasteiger partial charge in [-0.15, -0.1) is 4.83 Å². The third-order valence-electron chi connectivity index (χ3n) is 2.65. The van der Waals surface area contributed by atoms with Gasteiger partial charge >= 0.3 is 5.97 Å². The van der Waals surface area contributed by atoms with E-state index in [2.05, 4.69) is 4.83 Å². The monoisotopic (exact) mass is 265 g/mol. The molecule has 1 aliphatic heterocycles. The zero-order chi connectivity index (χ0) is 12.9. The van der Waals surface area contributed by atoms with Crippen LogP contribution in [-0.4, -0.2) is 55.5 Å². The van der Waals surface area contributed by atoms with E-state index in [1.807, 2.05) is 0 Å². The molecule has 0 saturated carbocycles. The molecule has 1 saturated heterocycles. The summed E-state index contributed by atoms with van der Waals surface area (Å²) in [6.07, 6.45) is 2.87. The third kappa shape index (κ3) is 4.99. The van der Waals surface area contributed by atoms with Crippen LogP contribution >= 0.6 is 0 Å². The summed E-state index contributed by atoms with van der Waals surface area (Å²) in [6.45, 7) is 1.37. The summed E-state index contributed by atoms with van der Waals surface area (Å²) in [5, 5.41) is 10.2. The number of carbonyl (C=O) groups is 1. The molecule has 0 spiro atoms. The first-order valence-electron chi connectivity index (χ1n) is 5.62. The lowest BCUT2D eigenvalue weighted by Gasteiger charge is -2.28. The quantitative estimate of drug-likeness (QED) is 0.684. The fourth-order valence-corrected chi connectivity index (χ4v) is 2.57. The largest absolute Gasteiger partial charge is 0.481 e. The highest BCUT2D eigenvalue weighted by atomic mass is 32.2. The van der Waals surface area contributed by atoms with E-state index in [0.717, 1.165) is 23.6 Å². The average molecular weight is 265 g/mol. The molecule has 1 heterocycles. The third-order valence-corrected chi connectivity index (χ3v) is 4.14. The molecule has 7 nitrogen and oxygen atoms in total. The Morgan fingerprint density at radius 1 is 1.35 bits per heavy atom. The number of piperidine rings is 1. The van der Waals surface area contributed by atoms with Crippen molar-refractivity contribution >= 4 is 16.2 Å². The summed E-state index contributed by atoms with van der Waals surface area (Å²) in [5.41, 5.74) is 0. The van der Waals surface area contributed by atoms with Gasteiger partial charge in [-0.1, -0.05) is 6.42 Å². The van der Waals surface area contributed by atoms with E-state index in [9.17, 15) is 13.2 Å². The van der Waals surface area contributed by atoms with Crippen LogP contribution < -0.4 is 4.83 Å². The number of carboxylic acids is 1. The van der Waals surface area contributed by atoms with E-state index >= 15 is 0 Å². The number of carboxylic acid groups (broad SMARTS) is 1. The van der Waals surface area contributed by atoms with Crippen molar-refractivity contribution in [2.45, 2.75) is 25.7 Å². The summed E-state index contributed by atoms with van der Waals surface area (Å²) in [4.78, 5) is 12.8. The number of hydrogen-bond donors (Lipinski definition) is 2. The molecular formula is C9H19N3O4S. The highest BCUT2D eigenvalue weighted by Gasteiger charge is 2.22. The predicted octanol–water partition coefficient (Wildman–Crippen LogP) is -0.372. The molecule has 0 aromatic carbocycles. The SMILES string of the molecule is CN(CCC(=O)O)S(=O)(=O)NN1CCCCC1. The molecular weight excluding hydrogens is 246 g/mol. The van der Waals surface area contributed by atoms with Crippen molar-refractivity contribution in [2.24, 2.45) is 0 Å². The second kappa shape index (κ2) is 6.29. The maximum atomic E-state index is 11.8. The summed E-state index contributed by atoms with van der Waals surface area (Å²) >= 11 is 0. The van der Waals surface area contributed by atoms with Gasteiger partial charge in [0.05, 0.1) is 6.42 Å². The lowest BCUT2D eigenvalue weighted by molar-refractivity contribution is -0.137. The van der Waals surface area contributed by atoms with E-state index in [1.54, 1.807) is 5.01 Å². The molecule has 0 aliphatic carbocycles. The number of hydrazine groups is 1. The predicted molar refractivity (Wildman–Crippen MR) is 62.4 cm³/mol. The molecule has 8 heteroatoms. The minimum absolute atomic E-state index is 0.0293. The van der Waals surface area contributed by atoms with Crippen LogP contribution in [0.2, 0.25) is 0 Å². The van der Waals surface area contributed by atoms with Crippen LogP contribution in [0.15, 0.2) is 0 Å². The topological polar surface area (TPSA) is 90.0 Å². The van der Waals surface area contributed by atoms with Gasteiger partial charge in [-0.05, 0) is 12.8 Å². The van der Waals surface area contributed by atoms with Crippen molar-refractivity contribution in [1.29, 1.82) is 0 Å². The van der Waals surface area contributed by atoms with Crippen LogP contribution in [0.1, 0.15) is 25.7 Å². The molecule has 0 aromatic heterocycles. The molecule has 100 valence electrons. The maximum Gasteiger partial charge on any atom is 0.304 e. The second-order valence-electron chi connectivity index (χ2n) is 4.11. The summed E-state index contributed by atoms with van der Waals surface area (Å²) in [6, 6.07) is 0. The second-order valence-corrected chi connectivity index (χ2v) is 5.87. The smallest absolute Gasteiger partial charge is 0.304 e. The van der Waals surface area contributed by atoms with Gasteiger partial charge in [0.2, 0.25) is 0 Å². The lowest BCUT2D eigenvalue weighted by atomic mass is 10.2. The maximum absolute atomic E-state index is 11.8. The molecule has 0 bridgehead atoms. The van der Waals surface area contributed by atoms with Gasteiger partial charge in [-0.3, -0.25) is 4.79 Å². The van der Waals surface area contributed by atoms with Crippen molar-refractivity contribution in [3.63, 3.8) is 0 Å². The number of rotatable bonds is 6. The molecule has 2 N–H and O–H groups in total. The summed E-state index contributed by atoms with van der Waals surface area (Å²) in [5.74, 6) is -1.01. The summed E-state index contributed by atoms with van der Waals surface area (Å²) < 4.78 is 24.6. The van der Waals surface area contributed by atoms with Crippen molar-refractivity contribution in [2.75, 3.05) is 26.7 Å². The minimum Gasteiger partial charge on any atom is -0.481 e. The van der Waals surface area contributed by atoms with Gasteiger partial charge in [-0.2, -0.15) is 12.7 Å². The summed E-state index contributed by atoms with van der Waals surface area (Å²) in [7, 11) is -2.24. The van der Waals surface area contributed by atoms with E-state index < -0.39 is 16.2 Å². The molecule has 0 amide bonds. The normalized spacial score (nSPS) is 18.5. The van der Waals surface area contributed by atoms with E-state index in [1.165, 1.54) is 7.05 Å². The van der Waals surface area contributed by atoms with Crippen LogP contribution in [0.5, 0.6) is 0 Å². The van der Waals surface area contributed by atoms with Crippen LogP contribution in [0, 0.1) is 0 Å². The Kier molecular flexibility index (Phi) is 5.31. The Morgan fingerprint density at radius 3 is 2.47 bits per heavy atom. The zero-order valence-corrected chi connectivity index (χ0v) is 10.7. The number of nitrogens with one attached hydrogen (secondary N) is 1. The number of nitrogens with zero attached hydrogens (tertiary/aromatic N) is 2. The molecule has 0 aromatic rings. The minimum atomic E-state index is -3.61. The van der Waals surface area contributed by atoms with Crippen molar-refractivity contribution in [3.8, 4) is 0 Å². The zero-order valence-electron chi connectivity index (χ0n) is 9.92. The Hall–Kier alpha value is -0.700. The van der Waals surface area contributed by atoms with Gasteiger partial charge in [0.25, 0.3) is 10.2 Å². The van der Waals surface area contributed by atoms with Gasteiger partial charge in [0.1, 0.15) is 0 Å². The first-order chi connectivity index (χ1) is 7.92. The Labute approximate surface area is 102 Å². The fraction of sp³-hybridized carbons (Fsp3) is 0.889. The molecule has 1 rings (SSSR count). The molecule has 0 atom stereocenters. The van der Waals surface area contributed by atoms with Gasteiger partial charge in [0.15, 0.2) is 0 Å². The highest BCUT2D eigenvalue weighted by molar-refractivity contribution is 7.87. The molecule has 0 unspecified atom stereocenters. The van der Waals surface area contributed by atoms with Gasteiger partial charge in [0, 0.05) is 26.7 Å². The van der Waals surface area contributed by atoms with E-state index in [4.69, 9.17) is 5.11 Å². The highest BCUT2D eigenvalue weighted by Crippen LogP contribution is 2.07. The number of hydrogen-bond acceptors (Lipinski definition) is 4. The Bertz CT molecular complexity index is 351. The van der Waals surface area contributed by atoms with Crippen molar-refractivity contribution in [3.05, 3.63) is 0 Å². The molecule has 1 aliphatic rings. The van der Waals surface area contributed by atoms with Gasteiger partial charge < -0.3 is 5.11 Å². The molecule has 1 fully saturated rings. The molecule has 17 heavy (non-hydrogen) atoms. The van der Waals surface area contributed by atoms with Crippen LogP contribution in [0.4, 0.5) is 0 Å². The average Bonchev–Trinajstić information content (AvgIpc) is 2.26. The van der Waals surface area contributed by atoms with Crippen LogP contribution in [-0.2, 0) is 15.0 Å².